The van der Waals surface area contributed by atoms with E-state index in [1.54, 1.807) is 35.6 Å². The molecule has 4 N–H and O–H groups in total. The van der Waals surface area contributed by atoms with Gasteiger partial charge in [-0.05, 0) is 38.1 Å². The number of carbonyl (C=O) groups excluding carboxylic acids is 1. The summed E-state index contributed by atoms with van der Waals surface area (Å²) < 4.78 is 0. The molecular weight excluding hydrogens is 260 g/mol. The van der Waals surface area contributed by atoms with Crippen molar-refractivity contribution in [1.82, 2.24) is 10.3 Å². The molecule has 19 heavy (non-hydrogen) atoms. The molecule has 2 aromatic rings. The van der Waals surface area contributed by atoms with Gasteiger partial charge in [-0.1, -0.05) is 0 Å². The highest BCUT2D eigenvalue weighted by molar-refractivity contribution is 7.11. The molecule has 0 radical (unpaired) electrons. The summed E-state index contributed by atoms with van der Waals surface area (Å²) in [5.74, 6) is 5.16. The average molecular weight is 276 g/mol. The van der Waals surface area contributed by atoms with Gasteiger partial charge in [-0.3, -0.25) is 10.6 Å². The number of aromatic nitrogens is 1. The van der Waals surface area contributed by atoms with Crippen LogP contribution in [0.3, 0.4) is 0 Å². The lowest BCUT2D eigenvalue weighted by molar-refractivity contribution is 0.0940. The smallest absolute Gasteiger partial charge is 0.251 e. The minimum absolute atomic E-state index is 0.0986. The summed E-state index contributed by atoms with van der Waals surface area (Å²) in [6.07, 6.45) is 1.81. The third-order valence-electron chi connectivity index (χ3n) is 2.67. The van der Waals surface area contributed by atoms with Gasteiger partial charge < -0.3 is 10.7 Å². The molecule has 1 amide bonds. The van der Waals surface area contributed by atoms with E-state index < -0.39 is 0 Å². The number of nitrogens with zero attached hydrogens (tertiary/aromatic N) is 1. The van der Waals surface area contributed by atoms with Crippen LogP contribution in [0.5, 0.6) is 0 Å². The van der Waals surface area contributed by atoms with Crippen molar-refractivity contribution in [3.63, 3.8) is 0 Å². The molecule has 1 unspecified atom stereocenters. The van der Waals surface area contributed by atoms with Gasteiger partial charge in [-0.25, -0.2) is 4.98 Å². The van der Waals surface area contributed by atoms with Crippen molar-refractivity contribution >= 4 is 22.9 Å². The van der Waals surface area contributed by atoms with Gasteiger partial charge in [0.15, 0.2) is 0 Å². The topological polar surface area (TPSA) is 80.0 Å². The van der Waals surface area contributed by atoms with Gasteiger partial charge in [-0.15, -0.1) is 11.3 Å². The zero-order chi connectivity index (χ0) is 13.8. The molecular formula is C13H16N4OS. The van der Waals surface area contributed by atoms with Crippen LogP contribution in [0.2, 0.25) is 0 Å². The summed E-state index contributed by atoms with van der Waals surface area (Å²) in [6.45, 7) is 3.92. The monoisotopic (exact) mass is 276 g/mol. The van der Waals surface area contributed by atoms with Crippen LogP contribution in [-0.2, 0) is 0 Å². The molecule has 0 aliphatic rings. The molecule has 0 fully saturated rings. The van der Waals surface area contributed by atoms with Crippen LogP contribution in [0.15, 0.2) is 30.5 Å². The van der Waals surface area contributed by atoms with E-state index in [-0.39, 0.29) is 11.9 Å². The molecule has 2 rings (SSSR count). The summed E-state index contributed by atoms with van der Waals surface area (Å²) in [6, 6.07) is 6.87. The third-order valence-corrected chi connectivity index (χ3v) is 3.77. The zero-order valence-corrected chi connectivity index (χ0v) is 11.6. The van der Waals surface area contributed by atoms with Crippen molar-refractivity contribution in [3.8, 4) is 0 Å². The van der Waals surface area contributed by atoms with E-state index >= 15 is 0 Å². The van der Waals surface area contributed by atoms with Gasteiger partial charge in [0.2, 0.25) is 0 Å². The lowest BCUT2D eigenvalue weighted by atomic mass is 10.2. The van der Waals surface area contributed by atoms with E-state index in [0.29, 0.717) is 5.56 Å². The molecule has 1 aromatic heterocycles. The first-order chi connectivity index (χ1) is 9.10. The highest BCUT2D eigenvalue weighted by atomic mass is 32.1. The van der Waals surface area contributed by atoms with Crippen LogP contribution in [0.25, 0.3) is 0 Å². The van der Waals surface area contributed by atoms with E-state index in [9.17, 15) is 4.79 Å². The van der Waals surface area contributed by atoms with Gasteiger partial charge in [-0.2, -0.15) is 0 Å². The van der Waals surface area contributed by atoms with Crippen molar-refractivity contribution in [1.29, 1.82) is 0 Å². The SMILES string of the molecule is Cc1cnc(C(C)NC(=O)c2ccc(NN)cc2)s1. The van der Waals surface area contributed by atoms with Crippen LogP contribution in [0.4, 0.5) is 5.69 Å². The predicted octanol–water partition coefficient (Wildman–Crippen LogP) is 2.23. The maximum atomic E-state index is 12.0. The Hall–Kier alpha value is -1.92. The Morgan fingerprint density at radius 3 is 2.58 bits per heavy atom. The molecule has 5 nitrogen and oxygen atoms in total. The molecule has 1 aromatic carbocycles. The predicted molar refractivity (Wildman–Crippen MR) is 77.0 cm³/mol. The summed E-state index contributed by atoms with van der Waals surface area (Å²) in [5.41, 5.74) is 3.88. The zero-order valence-electron chi connectivity index (χ0n) is 10.8. The number of nitrogens with two attached hydrogens (primary N) is 1. The molecule has 0 saturated carbocycles. The normalized spacial score (nSPS) is 11.9. The van der Waals surface area contributed by atoms with Gasteiger partial charge in [0.05, 0.1) is 6.04 Å². The fourth-order valence-corrected chi connectivity index (χ4v) is 2.41. The van der Waals surface area contributed by atoms with E-state index in [4.69, 9.17) is 5.84 Å². The Morgan fingerprint density at radius 2 is 2.05 bits per heavy atom. The van der Waals surface area contributed by atoms with Crippen LogP contribution < -0.4 is 16.6 Å². The first-order valence-corrected chi connectivity index (χ1v) is 6.71. The number of aryl methyl sites for hydroxylation is 1. The molecule has 1 heterocycles. The van der Waals surface area contributed by atoms with Gasteiger partial charge in [0, 0.05) is 22.3 Å². The maximum absolute atomic E-state index is 12.0. The highest BCUT2D eigenvalue weighted by Gasteiger charge is 2.13. The second-order valence-electron chi connectivity index (χ2n) is 4.23. The number of nitrogens with one attached hydrogen (secondary N) is 2. The average Bonchev–Trinajstić information content (AvgIpc) is 2.85. The molecule has 0 saturated heterocycles. The van der Waals surface area contributed by atoms with E-state index in [2.05, 4.69) is 15.7 Å². The van der Waals surface area contributed by atoms with E-state index in [0.717, 1.165) is 15.6 Å². The molecule has 0 aliphatic heterocycles. The highest BCUT2D eigenvalue weighted by Crippen LogP contribution is 2.19. The number of hydrogen-bond acceptors (Lipinski definition) is 5. The quantitative estimate of drug-likeness (QED) is 0.591. The number of benzene rings is 1. The van der Waals surface area contributed by atoms with Gasteiger partial charge >= 0.3 is 0 Å². The second kappa shape index (κ2) is 5.81. The number of carbonyl (C=O) groups is 1. The van der Waals surface area contributed by atoms with Crippen LogP contribution in [0.1, 0.15) is 33.2 Å². The minimum Gasteiger partial charge on any atom is -0.343 e. The van der Waals surface area contributed by atoms with E-state index in [1.807, 2.05) is 20.0 Å². The fraction of sp³-hybridized carbons (Fsp3) is 0.231. The number of nitrogen functional groups attached to an aromatic ring is 1. The van der Waals surface area contributed by atoms with Crippen molar-refractivity contribution in [2.45, 2.75) is 19.9 Å². The summed E-state index contributed by atoms with van der Waals surface area (Å²) in [7, 11) is 0. The lowest BCUT2D eigenvalue weighted by Gasteiger charge is -2.11. The van der Waals surface area contributed by atoms with Crippen molar-refractivity contribution in [2.75, 3.05) is 5.43 Å². The maximum Gasteiger partial charge on any atom is 0.251 e. The Labute approximate surface area is 115 Å². The first kappa shape index (κ1) is 13.5. The minimum atomic E-state index is -0.121. The largest absolute Gasteiger partial charge is 0.343 e. The van der Waals surface area contributed by atoms with Gasteiger partial charge in [0.25, 0.3) is 5.91 Å². The van der Waals surface area contributed by atoms with Crippen molar-refractivity contribution < 1.29 is 4.79 Å². The Morgan fingerprint density at radius 1 is 1.37 bits per heavy atom. The number of thiazole rings is 1. The van der Waals surface area contributed by atoms with Crippen LogP contribution in [0, 0.1) is 6.92 Å². The number of hydrogen-bond donors (Lipinski definition) is 3. The molecule has 0 aliphatic carbocycles. The Kier molecular flexibility index (Phi) is 4.13. The Bertz CT molecular complexity index is 564. The Balaban J connectivity index is 2.03. The third kappa shape index (κ3) is 3.30. The second-order valence-corrected chi connectivity index (χ2v) is 5.49. The van der Waals surface area contributed by atoms with E-state index in [1.165, 1.54) is 0 Å². The molecule has 100 valence electrons. The van der Waals surface area contributed by atoms with Crippen LogP contribution >= 0.6 is 11.3 Å². The lowest BCUT2D eigenvalue weighted by Crippen LogP contribution is -2.26. The molecule has 0 bridgehead atoms. The van der Waals surface area contributed by atoms with Gasteiger partial charge in [0.1, 0.15) is 5.01 Å². The first-order valence-electron chi connectivity index (χ1n) is 5.90. The number of hydrazine groups is 1. The summed E-state index contributed by atoms with van der Waals surface area (Å²) in [5, 5.41) is 3.83. The van der Waals surface area contributed by atoms with Crippen molar-refractivity contribution in [2.24, 2.45) is 5.84 Å². The number of amides is 1. The summed E-state index contributed by atoms with van der Waals surface area (Å²) in [4.78, 5) is 17.4. The van der Waals surface area contributed by atoms with Crippen molar-refractivity contribution in [3.05, 3.63) is 45.9 Å². The number of anilines is 1. The fourth-order valence-electron chi connectivity index (χ4n) is 1.63. The number of rotatable bonds is 4. The standard InChI is InChI=1S/C13H16N4OS/c1-8-7-15-13(19-8)9(2)16-12(18)10-3-5-11(17-14)6-4-10/h3-7,9,17H,14H2,1-2H3,(H,16,18). The van der Waals surface area contributed by atoms with Crippen LogP contribution in [-0.4, -0.2) is 10.9 Å². The molecule has 0 spiro atoms. The summed E-state index contributed by atoms with van der Waals surface area (Å²) >= 11 is 1.59. The molecule has 1 atom stereocenters. The molecule has 6 heteroatoms.